The van der Waals surface area contributed by atoms with Gasteiger partial charge in [-0.05, 0) is 80.0 Å². The maximum Gasteiger partial charge on any atom is 0.139 e. The van der Waals surface area contributed by atoms with Gasteiger partial charge in [-0.1, -0.05) is 20.8 Å². The summed E-state index contributed by atoms with van der Waals surface area (Å²) >= 11 is 0. The first-order valence-corrected chi connectivity index (χ1v) is 9.59. The van der Waals surface area contributed by atoms with Gasteiger partial charge in [0.15, 0.2) is 0 Å². The van der Waals surface area contributed by atoms with E-state index in [1.165, 1.54) is 25.7 Å². The van der Waals surface area contributed by atoms with Gasteiger partial charge in [0, 0.05) is 11.8 Å². The largest absolute Gasteiger partial charge is 0.393 e. The zero-order chi connectivity index (χ0) is 15.7. The lowest BCUT2D eigenvalue weighted by molar-refractivity contribution is -0.152. The number of fused-ring (bicyclic) bond motifs is 5. The van der Waals surface area contributed by atoms with Crippen LogP contribution in [0, 0.1) is 40.4 Å². The molecule has 2 heteroatoms. The third-order valence-electron chi connectivity index (χ3n) is 8.87. The normalized spacial score (nSPS) is 57.9. The number of hydrogen-bond donors (Lipinski definition) is 1. The van der Waals surface area contributed by atoms with Crippen molar-refractivity contribution in [3.8, 4) is 0 Å². The minimum absolute atomic E-state index is 0.00413. The molecule has 22 heavy (non-hydrogen) atoms. The third-order valence-corrected chi connectivity index (χ3v) is 8.87. The number of hydrogen-bond acceptors (Lipinski definition) is 2. The van der Waals surface area contributed by atoms with Crippen LogP contribution in [0.2, 0.25) is 0 Å². The lowest BCUT2D eigenvalue weighted by Crippen LogP contribution is -2.56. The van der Waals surface area contributed by atoms with Crippen molar-refractivity contribution in [1.29, 1.82) is 0 Å². The van der Waals surface area contributed by atoms with Crippen molar-refractivity contribution in [2.45, 2.75) is 78.2 Å². The van der Waals surface area contributed by atoms with Gasteiger partial charge in [-0.15, -0.1) is 0 Å². The van der Waals surface area contributed by atoms with Crippen LogP contribution in [-0.4, -0.2) is 17.0 Å². The first kappa shape index (κ1) is 15.2. The monoisotopic (exact) mass is 304 g/mol. The van der Waals surface area contributed by atoms with Crippen LogP contribution in [0.3, 0.4) is 0 Å². The summed E-state index contributed by atoms with van der Waals surface area (Å²) in [5, 5.41) is 10.3. The average molecular weight is 304 g/mol. The summed E-state index contributed by atoms with van der Waals surface area (Å²) < 4.78 is 0. The molecule has 124 valence electrons. The van der Waals surface area contributed by atoms with Crippen molar-refractivity contribution in [2.75, 3.05) is 0 Å². The Morgan fingerprint density at radius 2 is 1.73 bits per heavy atom. The Labute approximate surface area is 135 Å². The summed E-state index contributed by atoms with van der Waals surface area (Å²) in [5.74, 6) is 3.92. The minimum Gasteiger partial charge on any atom is -0.393 e. The van der Waals surface area contributed by atoms with Crippen molar-refractivity contribution in [1.82, 2.24) is 0 Å². The van der Waals surface area contributed by atoms with Gasteiger partial charge in [0.25, 0.3) is 0 Å². The molecule has 0 aliphatic heterocycles. The second-order valence-corrected chi connectivity index (χ2v) is 9.45. The molecule has 0 saturated heterocycles. The molecule has 4 saturated carbocycles. The molecule has 8 atom stereocenters. The van der Waals surface area contributed by atoms with Crippen LogP contribution in [0.5, 0.6) is 0 Å². The summed E-state index contributed by atoms with van der Waals surface area (Å²) in [5.41, 5.74) is 0.415. The Morgan fingerprint density at radius 1 is 0.955 bits per heavy atom. The van der Waals surface area contributed by atoms with E-state index in [0.717, 1.165) is 37.5 Å². The standard InChI is InChI=1S/C20H32O2/c1-12-14-5-4-13-15-6-7-18(22)20(15,3)10-8-16(13)19(14,2)11-9-17(12)21/h12-17,21H,4-11H2,1-3H3/t12?,13-,14?,15-,16+,17?,19-,20-/m0/s1. The quantitative estimate of drug-likeness (QED) is 0.728. The molecule has 0 aromatic heterocycles. The van der Waals surface area contributed by atoms with Crippen molar-refractivity contribution in [3.05, 3.63) is 0 Å². The van der Waals surface area contributed by atoms with Gasteiger partial charge in [0.2, 0.25) is 0 Å². The average Bonchev–Trinajstić information content (AvgIpc) is 2.79. The molecule has 4 rings (SSSR count). The van der Waals surface area contributed by atoms with Gasteiger partial charge < -0.3 is 5.11 Å². The molecule has 0 bridgehead atoms. The predicted octanol–water partition coefficient (Wildman–Crippen LogP) is 4.21. The molecule has 0 amide bonds. The lowest BCUT2D eigenvalue weighted by atomic mass is 9.44. The van der Waals surface area contributed by atoms with Crippen molar-refractivity contribution < 1.29 is 9.90 Å². The fraction of sp³-hybridized carbons (Fsp3) is 0.950. The molecule has 3 unspecified atom stereocenters. The van der Waals surface area contributed by atoms with E-state index in [1.54, 1.807) is 0 Å². The fourth-order valence-corrected chi connectivity index (χ4v) is 7.48. The van der Waals surface area contributed by atoms with E-state index in [1.807, 2.05) is 0 Å². The topological polar surface area (TPSA) is 37.3 Å². The zero-order valence-corrected chi connectivity index (χ0v) is 14.5. The van der Waals surface area contributed by atoms with E-state index in [-0.39, 0.29) is 11.5 Å². The summed E-state index contributed by atoms with van der Waals surface area (Å²) in [4.78, 5) is 12.4. The van der Waals surface area contributed by atoms with E-state index < -0.39 is 0 Å². The number of carbonyl (C=O) groups excluding carboxylic acids is 1. The molecule has 4 aliphatic carbocycles. The number of Topliss-reactive ketones (excluding diaryl/α,β-unsaturated/α-hetero) is 1. The summed E-state index contributed by atoms with van der Waals surface area (Å²) in [6.45, 7) is 7.07. The van der Waals surface area contributed by atoms with Crippen LogP contribution >= 0.6 is 0 Å². The molecule has 4 aliphatic rings. The van der Waals surface area contributed by atoms with E-state index in [0.29, 0.717) is 29.0 Å². The fourth-order valence-electron chi connectivity index (χ4n) is 7.48. The van der Waals surface area contributed by atoms with Crippen molar-refractivity contribution in [3.63, 3.8) is 0 Å². The molecule has 0 aromatic carbocycles. The molecule has 0 heterocycles. The van der Waals surface area contributed by atoms with Gasteiger partial charge >= 0.3 is 0 Å². The highest BCUT2D eigenvalue weighted by atomic mass is 16.3. The van der Waals surface area contributed by atoms with E-state index in [4.69, 9.17) is 0 Å². The summed E-state index contributed by atoms with van der Waals surface area (Å²) in [6.07, 6.45) is 9.02. The Morgan fingerprint density at radius 3 is 2.50 bits per heavy atom. The number of aliphatic hydroxyl groups excluding tert-OH is 1. The Hall–Kier alpha value is -0.370. The highest BCUT2D eigenvalue weighted by Gasteiger charge is 2.61. The first-order chi connectivity index (χ1) is 10.4. The van der Waals surface area contributed by atoms with Gasteiger partial charge in [-0.3, -0.25) is 4.79 Å². The molecule has 2 nitrogen and oxygen atoms in total. The second-order valence-electron chi connectivity index (χ2n) is 9.45. The zero-order valence-electron chi connectivity index (χ0n) is 14.5. The maximum absolute atomic E-state index is 12.4. The molecule has 0 aromatic rings. The van der Waals surface area contributed by atoms with Crippen LogP contribution in [0.4, 0.5) is 0 Å². The number of ketones is 1. The lowest BCUT2D eigenvalue weighted by Gasteiger charge is -2.61. The highest BCUT2D eigenvalue weighted by Crippen LogP contribution is 2.66. The summed E-state index contributed by atoms with van der Waals surface area (Å²) in [6, 6.07) is 0. The molecule has 4 fully saturated rings. The van der Waals surface area contributed by atoms with Crippen LogP contribution in [-0.2, 0) is 4.79 Å². The van der Waals surface area contributed by atoms with Gasteiger partial charge in [-0.2, -0.15) is 0 Å². The van der Waals surface area contributed by atoms with E-state index in [2.05, 4.69) is 20.8 Å². The Balaban J connectivity index is 1.65. The second kappa shape index (κ2) is 4.82. The predicted molar refractivity (Wildman–Crippen MR) is 87.3 cm³/mol. The van der Waals surface area contributed by atoms with Crippen LogP contribution < -0.4 is 0 Å². The van der Waals surface area contributed by atoms with E-state index >= 15 is 0 Å². The van der Waals surface area contributed by atoms with Gasteiger partial charge in [0.05, 0.1) is 6.10 Å². The number of aliphatic hydroxyl groups is 1. The molecule has 0 radical (unpaired) electrons. The van der Waals surface area contributed by atoms with Gasteiger partial charge in [-0.25, -0.2) is 0 Å². The summed E-state index contributed by atoms with van der Waals surface area (Å²) in [7, 11) is 0. The van der Waals surface area contributed by atoms with Gasteiger partial charge in [0.1, 0.15) is 5.78 Å². The molecular weight excluding hydrogens is 272 g/mol. The Bertz CT molecular complexity index is 486. The molecular formula is C20H32O2. The number of rotatable bonds is 0. The molecule has 1 N–H and O–H groups in total. The smallest absolute Gasteiger partial charge is 0.139 e. The third kappa shape index (κ3) is 1.79. The SMILES string of the molecule is CC1C(O)CC[C@@]2(C)C1CC[C@@H]1[C@H]2CC[C@]2(C)C(=O)CC[C@@H]12. The number of carbonyl (C=O) groups is 1. The maximum atomic E-state index is 12.4. The van der Waals surface area contributed by atoms with Crippen molar-refractivity contribution in [2.24, 2.45) is 40.4 Å². The van der Waals surface area contributed by atoms with Crippen LogP contribution in [0.1, 0.15) is 72.1 Å². The molecule has 0 spiro atoms. The Kier molecular flexibility index (Phi) is 3.32. The van der Waals surface area contributed by atoms with Crippen molar-refractivity contribution >= 4 is 5.78 Å². The highest BCUT2D eigenvalue weighted by molar-refractivity contribution is 5.87. The van der Waals surface area contributed by atoms with Crippen LogP contribution in [0.25, 0.3) is 0 Å². The van der Waals surface area contributed by atoms with E-state index in [9.17, 15) is 9.90 Å². The first-order valence-electron chi connectivity index (χ1n) is 9.59. The minimum atomic E-state index is -0.0865. The van der Waals surface area contributed by atoms with Crippen LogP contribution in [0.15, 0.2) is 0 Å².